The van der Waals surface area contributed by atoms with Crippen molar-refractivity contribution in [3.63, 3.8) is 0 Å². The summed E-state index contributed by atoms with van der Waals surface area (Å²) in [5.41, 5.74) is 1.66. The maximum atomic E-state index is 14.1. The van der Waals surface area contributed by atoms with E-state index in [0.717, 1.165) is 9.87 Å². The van der Waals surface area contributed by atoms with Gasteiger partial charge in [0, 0.05) is 18.1 Å². The Morgan fingerprint density at radius 2 is 1.54 bits per heavy atom. The number of carbonyl (C=O) groups excluding carboxylic acids is 2. The van der Waals surface area contributed by atoms with Crippen molar-refractivity contribution in [1.29, 1.82) is 0 Å². The first-order valence-electron chi connectivity index (χ1n) is 13.0. The zero-order chi connectivity index (χ0) is 28.6. The second-order valence-electron chi connectivity index (χ2n) is 9.78. The van der Waals surface area contributed by atoms with Crippen molar-refractivity contribution < 1.29 is 18.0 Å². The lowest BCUT2D eigenvalue weighted by Crippen LogP contribution is -2.52. The Hall–Kier alpha value is -3.36. The Bertz CT molecular complexity index is 1370. The minimum absolute atomic E-state index is 0.0495. The summed E-state index contributed by atoms with van der Waals surface area (Å²) in [6.45, 7) is 7.66. The van der Waals surface area contributed by atoms with Gasteiger partial charge in [-0.1, -0.05) is 87.0 Å². The Labute approximate surface area is 236 Å². The molecule has 208 valence electrons. The van der Waals surface area contributed by atoms with E-state index in [0.29, 0.717) is 29.2 Å². The van der Waals surface area contributed by atoms with Gasteiger partial charge in [-0.2, -0.15) is 0 Å². The maximum absolute atomic E-state index is 14.1. The number of hydrogen-bond donors (Lipinski definition) is 1. The van der Waals surface area contributed by atoms with Crippen LogP contribution in [0.3, 0.4) is 0 Å². The van der Waals surface area contributed by atoms with Crippen molar-refractivity contribution >= 4 is 39.1 Å². The molecule has 0 spiro atoms. The molecular formula is C30H36ClN3O4S. The van der Waals surface area contributed by atoms with Gasteiger partial charge in [0.25, 0.3) is 10.0 Å². The predicted molar refractivity (Wildman–Crippen MR) is 156 cm³/mol. The van der Waals surface area contributed by atoms with Crippen molar-refractivity contribution in [3.05, 3.63) is 95.0 Å². The number of anilines is 1. The number of benzene rings is 3. The number of amides is 2. The van der Waals surface area contributed by atoms with Crippen LogP contribution in [-0.2, 0) is 26.2 Å². The van der Waals surface area contributed by atoms with Gasteiger partial charge in [0.2, 0.25) is 11.8 Å². The van der Waals surface area contributed by atoms with Gasteiger partial charge < -0.3 is 10.2 Å². The monoisotopic (exact) mass is 569 g/mol. The molecule has 0 heterocycles. The number of halogens is 1. The predicted octanol–water partition coefficient (Wildman–Crippen LogP) is 5.42. The van der Waals surface area contributed by atoms with E-state index in [1.165, 1.54) is 17.0 Å². The molecule has 0 radical (unpaired) electrons. The Morgan fingerprint density at radius 3 is 2.13 bits per heavy atom. The summed E-state index contributed by atoms with van der Waals surface area (Å²) in [6, 6.07) is 21.5. The molecule has 0 aliphatic rings. The molecule has 0 aliphatic carbocycles. The highest BCUT2D eigenvalue weighted by Gasteiger charge is 2.34. The van der Waals surface area contributed by atoms with Gasteiger partial charge >= 0.3 is 0 Å². The first kappa shape index (κ1) is 30.2. The maximum Gasteiger partial charge on any atom is 0.264 e. The summed E-state index contributed by atoms with van der Waals surface area (Å²) in [4.78, 5) is 28.8. The minimum Gasteiger partial charge on any atom is -0.354 e. The van der Waals surface area contributed by atoms with Gasteiger partial charge in [0.05, 0.1) is 10.6 Å². The van der Waals surface area contributed by atoms with E-state index in [1.807, 2.05) is 51.1 Å². The number of hydrogen-bond acceptors (Lipinski definition) is 4. The van der Waals surface area contributed by atoms with E-state index in [4.69, 9.17) is 11.6 Å². The molecule has 0 bridgehead atoms. The van der Waals surface area contributed by atoms with Gasteiger partial charge in [-0.05, 0) is 54.7 Å². The molecule has 0 saturated carbocycles. The highest BCUT2D eigenvalue weighted by atomic mass is 35.5. The lowest BCUT2D eigenvalue weighted by molar-refractivity contribution is -0.140. The molecular weight excluding hydrogens is 534 g/mol. The van der Waals surface area contributed by atoms with Crippen LogP contribution < -0.4 is 9.62 Å². The first-order chi connectivity index (χ1) is 18.6. The van der Waals surface area contributed by atoms with Crippen LogP contribution in [0.1, 0.15) is 38.3 Å². The molecule has 1 atom stereocenters. The van der Waals surface area contributed by atoms with Gasteiger partial charge in [-0.25, -0.2) is 8.42 Å². The van der Waals surface area contributed by atoms with Crippen molar-refractivity contribution in [1.82, 2.24) is 10.2 Å². The third-order valence-corrected chi connectivity index (χ3v) is 8.57. The molecule has 0 aliphatic heterocycles. The first-order valence-corrected chi connectivity index (χ1v) is 14.8. The van der Waals surface area contributed by atoms with Crippen molar-refractivity contribution in [2.24, 2.45) is 5.92 Å². The highest BCUT2D eigenvalue weighted by molar-refractivity contribution is 7.92. The zero-order valence-electron chi connectivity index (χ0n) is 22.8. The van der Waals surface area contributed by atoms with Crippen molar-refractivity contribution in [3.8, 4) is 0 Å². The quantitative estimate of drug-likeness (QED) is 0.315. The fraction of sp³-hybridized carbons (Fsp3) is 0.333. The molecule has 7 nitrogen and oxygen atoms in total. The number of nitrogens with zero attached hydrogens (tertiary/aromatic N) is 2. The van der Waals surface area contributed by atoms with Gasteiger partial charge in [-0.15, -0.1) is 0 Å². The van der Waals surface area contributed by atoms with Crippen LogP contribution >= 0.6 is 11.6 Å². The lowest BCUT2D eigenvalue weighted by atomic mass is 10.1. The summed E-state index contributed by atoms with van der Waals surface area (Å²) in [7, 11) is -4.14. The number of rotatable bonds is 12. The molecule has 0 fully saturated rings. The molecule has 39 heavy (non-hydrogen) atoms. The SMILES string of the molecule is CC[C@@H](C(=O)NCC(C)C)N(Cc1ccccc1)C(=O)CN(c1cccc(Cl)c1C)S(=O)(=O)c1ccccc1. The third-order valence-electron chi connectivity index (χ3n) is 6.38. The molecule has 0 aromatic heterocycles. The Balaban J connectivity index is 2.06. The van der Waals surface area contributed by atoms with Crippen LogP contribution in [-0.4, -0.2) is 44.3 Å². The molecule has 3 aromatic rings. The van der Waals surface area contributed by atoms with E-state index in [-0.39, 0.29) is 23.3 Å². The molecule has 1 N–H and O–H groups in total. The molecule has 0 saturated heterocycles. The number of nitrogens with one attached hydrogen (secondary N) is 1. The fourth-order valence-corrected chi connectivity index (χ4v) is 5.88. The summed E-state index contributed by atoms with van der Waals surface area (Å²) >= 11 is 6.37. The Morgan fingerprint density at radius 1 is 0.923 bits per heavy atom. The van der Waals surface area contributed by atoms with Crippen LogP contribution in [0, 0.1) is 12.8 Å². The van der Waals surface area contributed by atoms with E-state index >= 15 is 0 Å². The van der Waals surface area contributed by atoms with Crippen LogP contribution in [0.25, 0.3) is 0 Å². The standard InChI is InChI=1S/C30H36ClN3O4S/c1-5-27(30(36)32-19-22(2)3)33(20-24-13-8-6-9-14-24)29(35)21-34(28-18-12-17-26(31)23(28)4)39(37,38)25-15-10-7-11-16-25/h6-18,22,27H,5,19-21H2,1-4H3,(H,32,36)/t27-/m0/s1. The van der Waals surface area contributed by atoms with Gasteiger partial charge in [0.15, 0.2) is 0 Å². The molecule has 3 aromatic carbocycles. The largest absolute Gasteiger partial charge is 0.354 e. The summed E-state index contributed by atoms with van der Waals surface area (Å²) in [6.07, 6.45) is 0.365. The molecule has 3 rings (SSSR count). The Kier molecular flexibility index (Phi) is 10.5. The average Bonchev–Trinajstić information content (AvgIpc) is 2.93. The van der Waals surface area contributed by atoms with Crippen LogP contribution in [0.4, 0.5) is 5.69 Å². The van der Waals surface area contributed by atoms with E-state index in [1.54, 1.807) is 43.3 Å². The zero-order valence-corrected chi connectivity index (χ0v) is 24.4. The summed E-state index contributed by atoms with van der Waals surface area (Å²) in [5.74, 6) is -0.529. The highest BCUT2D eigenvalue weighted by Crippen LogP contribution is 2.31. The summed E-state index contributed by atoms with van der Waals surface area (Å²) < 4.78 is 28.9. The smallest absolute Gasteiger partial charge is 0.264 e. The van der Waals surface area contributed by atoms with Crippen LogP contribution in [0.15, 0.2) is 83.8 Å². The van der Waals surface area contributed by atoms with E-state index in [2.05, 4.69) is 5.32 Å². The van der Waals surface area contributed by atoms with E-state index < -0.39 is 28.5 Å². The average molecular weight is 570 g/mol. The van der Waals surface area contributed by atoms with Gasteiger partial charge in [0.1, 0.15) is 12.6 Å². The third kappa shape index (κ3) is 7.61. The van der Waals surface area contributed by atoms with Gasteiger partial charge in [-0.3, -0.25) is 13.9 Å². The van der Waals surface area contributed by atoms with E-state index in [9.17, 15) is 18.0 Å². The van der Waals surface area contributed by atoms with Crippen LogP contribution in [0.2, 0.25) is 5.02 Å². The number of carbonyl (C=O) groups is 2. The van der Waals surface area contributed by atoms with Crippen molar-refractivity contribution in [2.45, 2.75) is 51.6 Å². The molecule has 0 unspecified atom stereocenters. The molecule has 2 amide bonds. The summed E-state index contributed by atoms with van der Waals surface area (Å²) in [5, 5.41) is 3.31. The normalized spacial score (nSPS) is 12.2. The molecule has 9 heteroatoms. The second kappa shape index (κ2) is 13.6. The fourth-order valence-electron chi connectivity index (χ4n) is 4.22. The minimum atomic E-state index is -4.14. The van der Waals surface area contributed by atoms with Crippen LogP contribution in [0.5, 0.6) is 0 Å². The second-order valence-corrected chi connectivity index (χ2v) is 12.0. The topological polar surface area (TPSA) is 86.8 Å². The lowest BCUT2D eigenvalue weighted by Gasteiger charge is -2.33. The van der Waals surface area contributed by atoms with Crippen molar-refractivity contribution in [2.75, 3.05) is 17.4 Å². The number of sulfonamides is 1.